The highest BCUT2D eigenvalue weighted by Crippen LogP contribution is 2.39. The van der Waals surface area contributed by atoms with Gasteiger partial charge < -0.3 is 4.74 Å². The number of fused-ring (bicyclic) bond motifs is 1. The third-order valence-corrected chi connectivity index (χ3v) is 4.23. The molecule has 1 heterocycles. The molecule has 1 aliphatic carbocycles. The zero-order chi connectivity index (χ0) is 14.8. The summed E-state index contributed by atoms with van der Waals surface area (Å²) in [6.07, 6.45) is 2.63. The second kappa shape index (κ2) is 5.57. The Kier molecular flexibility index (Phi) is 3.61. The van der Waals surface area contributed by atoms with Crippen LogP contribution in [0.2, 0.25) is 0 Å². The van der Waals surface area contributed by atoms with Crippen LogP contribution in [0, 0.1) is 23.2 Å². The van der Waals surface area contributed by atoms with Crippen molar-refractivity contribution in [3.8, 4) is 11.8 Å². The summed E-state index contributed by atoms with van der Waals surface area (Å²) >= 11 is 0. The second-order valence-corrected chi connectivity index (χ2v) is 5.46. The molecule has 5 nitrogen and oxygen atoms in total. The lowest BCUT2D eigenvalue weighted by atomic mass is 10.00. The van der Waals surface area contributed by atoms with Crippen molar-refractivity contribution >= 4 is 11.8 Å². The summed E-state index contributed by atoms with van der Waals surface area (Å²) in [7, 11) is 0. The van der Waals surface area contributed by atoms with Crippen molar-refractivity contribution in [3.05, 3.63) is 29.8 Å². The van der Waals surface area contributed by atoms with Crippen molar-refractivity contribution in [2.45, 2.75) is 19.3 Å². The number of carbonyl (C=O) groups is 2. The van der Waals surface area contributed by atoms with Crippen LogP contribution < -0.4 is 4.74 Å². The third kappa shape index (κ3) is 2.49. The average molecular weight is 284 g/mol. The van der Waals surface area contributed by atoms with E-state index in [1.807, 2.05) is 6.07 Å². The van der Waals surface area contributed by atoms with Gasteiger partial charge in [0.15, 0.2) is 0 Å². The first kappa shape index (κ1) is 13.6. The lowest BCUT2D eigenvalue weighted by Gasteiger charge is -2.16. The highest BCUT2D eigenvalue weighted by atomic mass is 16.5. The molecule has 2 aliphatic rings. The Morgan fingerprint density at radius 1 is 1.24 bits per heavy atom. The van der Waals surface area contributed by atoms with E-state index in [1.54, 1.807) is 24.3 Å². The molecule has 2 atom stereocenters. The van der Waals surface area contributed by atoms with Gasteiger partial charge in [0.1, 0.15) is 12.4 Å². The molecule has 1 saturated carbocycles. The van der Waals surface area contributed by atoms with Crippen LogP contribution in [-0.4, -0.2) is 29.9 Å². The van der Waals surface area contributed by atoms with E-state index in [9.17, 15) is 9.59 Å². The zero-order valence-electron chi connectivity index (χ0n) is 11.6. The van der Waals surface area contributed by atoms with E-state index < -0.39 is 0 Å². The number of benzene rings is 1. The van der Waals surface area contributed by atoms with Crippen LogP contribution in [0.15, 0.2) is 24.3 Å². The molecule has 2 unspecified atom stereocenters. The Labute approximate surface area is 123 Å². The standard InChI is InChI=1S/C16H16N2O3/c17-10-11-3-1-4-12(9-11)21-8-7-18-15(19)13-5-2-6-14(13)16(18)20/h1,3-4,9,13-14H,2,5-8H2. The number of hydrogen-bond donors (Lipinski definition) is 0. The van der Waals surface area contributed by atoms with Gasteiger partial charge in [-0.15, -0.1) is 0 Å². The van der Waals surface area contributed by atoms with Gasteiger partial charge in [0.05, 0.1) is 30.0 Å². The van der Waals surface area contributed by atoms with Crippen molar-refractivity contribution in [1.82, 2.24) is 4.90 Å². The number of amides is 2. The highest BCUT2D eigenvalue weighted by Gasteiger charge is 2.49. The molecular weight excluding hydrogens is 268 g/mol. The average Bonchev–Trinajstić information content (AvgIpc) is 3.07. The van der Waals surface area contributed by atoms with Crippen molar-refractivity contribution in [3.63, 3.8) is 0 Å². The lowest BCUT2D eigenvalue weighted by molar-refractivity contribution is -0.140. The Balaban J connectivity index is 1.57. The number of nitrogens with zero attached hydrogens (tertiary/aromatic N) is 2. The number of carbonyl (C=O) groups excluding carboxylic acids is 2. The van der Waals surface area contributed by atoms with E-state index in [4.69, 9.17) is 10.00 Å². The van der Waals surface area contributed by atoms with Gasteiger partial charge in [0.25, 0.3) is 0 Å². The minimum absolute atomic E-state index is 0.0446. The van der Waals surface area contributed by atoms with Crippen LogP contribution in [0.5, 0.6) is 5.75 Å². The van der Waals surface area contributed by atoms with E-state index in [0.717, 1.165) is 19.3 Å². The first-order chi connectivity index (χ1) is 10.2. The summed E-state index contributed by atoms with van der Waals surface area (Å²) in [5.41, 5.74) is 0.523. The van der Waals surface area contributed by atoms with Crippen molar-refractivity contribution < 1.29 is 14.3 Å². The molecule has 1 aliphatic heterocycles. The Morgan fingerprint density at radius 2 is 1.95 bits per heavy atom. The minimum atomic E-state index is -0.0978. The first-order valence-corrected chi connectivity index (χ1v) is 7.19. The van der Waals surface area contributed by atoms with Gasteiger partial charge >= 0.3 is 0 Å². The molecule has 1 aromatic carbocycles. The molecule has 0 aromatic heterocycles. The fourth-order valence-electron chi connectivity index (χ4n) is 3.19. The smallest absolute Gasteiger partial charge is 0.233 e. The largest absolute Gasteiger partial charge is 0.492 e. The molecule has 0 bridgehead atoms. The first-order valence-electron chi connectivity index (χ1n) is 7.19. The SMILES string of the molecule is N#Cc1cccc(OCCN2C(=O)C3CCCC3C2=O)c1. The van der Waals surface area contributed by atoms with E-state index >= 15 is 0 Å². The summed E-state index contributed by atoms with van der Waals surface area (Å²) in [6, 6.07) is 8.87. The van der Waals surface area contributed by atoms with Gasteiger partial charge in [-0.05, 0) is 31.0 Å². The Hall–Kier alpha value is -2.35. The third-order valence-electron chi connectivity index (χ3n) is 4.23. The fraction of sp³-hybridized carbons (Fsp3) is 0.438. The van der Waals surface area contributed by atoms with Crippen molar-refractivity contribution in [2.75, 3.05) is 13.2 Å². The summed E-state index contributed by atoms with van der Waals surface area (Å²) in [5, 5.41) is 8.82. The van der Waals surface area contributed by atoms with E-state index in [-0.39, 0.29) is 36.8 Å². The quantitative estimate of drug-likeness (QED) is 0.789. The Morgan fingerprint density at radius 3 is 2.62 bits per heavy atom. The molecule has 1 aromatic rings. The maximum atomic E-state index is 12.1. The molecule has 2 fully saturated rings. The molecular formula is C16H16N2O3. The molecule has 1 saturated heterocycles. The zero-order valence-corrected chi connectivity index (χ0v) is 11.6. The second-order valence-electron chi connectivity index (χ2n) is 5.46. The van der Waals surface area contributed by atoms with E-state index in [0.29, 0.717) is 11.3 Å². The number of likely N-dealkylation sites (tertiary alicyclic amines) is 1. The van der Waals surface area contributed by atoms with E-state index in [2.05, 4.69) is 0 Å². The van der Waals surface area contributed by atoms with Crippen molar-refractivity contribution in [1.29, 1.82) is 5.26 Å². The molecule has 0 spiro atoms. The number of ether oxygens (including phenoxy) is 1. The number of rotatable bonds is 4. The van der Waals surface area contributed by atoms with Gasteiger partial charge in [-0.2, -0.15) is 5.26 Å². The molecule has 108 valence electrons. The maximum absolute atomic E-state index is 12.1. The number of nitriles is 1. The van der Waals surface area contributed by atoms with Crippen LogP contribution in [-0.2, 0) is 9.59 Å². The summed E-state index contributed by atoms with van der Waals surface area (Å²) in [4.78, 5) is 25.6. The summed E-state index contributed by atoms with van der Waals surface area (Å²) < 4.78 is 5.53. The van der Waals surface area contributed by atoms with Crippen LogP contribution in [0.1, 0.15) is 24.8 Å². The van der Waals surface area contributed by atoms with Gasteiger partial charge in [-0.1, -0.05) is 12.5 Å². The van der Waals surface area contributed by atoms with Gasteiger partial charge in [-0.25, -0.2) is 0 Å². The monoisotopic (exact) mass is 284 g/mol. The number of hydrogen-bond acceptors (Lipinski definition) is 4. The van der Waals surface area contributed by atoms with Crippen LogP contribution in [0.4, 0.5) is 0 Å². The molecule has 3 rings (SSSR count). The predicted molar refractivity (Wildman–Crippen MR) is 74.2 cm³/mol. The van der Waals surface area contributed by atoms with Crippen LogP contribution in [0.25, 0.3) is 0 Å². The molecule has 0 radical (unpaired) electrons. The number of imide groups is 1. The van der Waals surface area contributed by atoms with Crippen molar-refractivity contribution in [2.24, 2.45) is 11.8 Å². The summed E-state index contributed by atoms with van der Waals surface area (Å²) in [6.45, 7) is 0.535. The minimum Gasteiger partial charge on any atom is -0.492 e. The molecule has 5 heteroatoms. The van der Waals surface area contributed by atoms with Gasteiger partial charge in [0.2, 0.25) is 11.8 Å². The van der Waals surface area contributed by atoms with Gasteiger partial charge in [0, 0.05) is 0 Å². The maximum Gasteiger partial charge on any atom is 0.233 e. The fourth-order valence-corrected chi connectivity index (χ4v) is 3.19. The normalized spacial score (nSPS) is 24.0. The summed E-state index contributed by atoms with van der Waals surface area (Å²) in [5.74, 6) is 0.293. The Bertz CT molecular complexity index is 598. The topological polar surface area (TPSA) is 70.4 Å². The van der Waals surface area contributed by atoms with Crippen LogP contribution >= 0.6 is 0 Å². The molecule has 2 amide bonds. The predicted octanol–water partition coefficient (Wildman–Crippen LogP) is 1.72. The lowest BCUT2D eigenvalue weighted by Crippen LogP contribution is -2.35. The molecule has 21 heavy (non-hydrogen) atoms. The van der Waals surface area contributed by atoms with Gasteiger partial charge in [-0.3, -0.25) is 14.5 Å². The van der Waals surface area contributed by atoms with E-state index in [1.165, 1.54) is 4.90 Å². The van der Waals surface area contributed by atoms with Crippen LogP contribution in [0.3, 0.4) is 0 Å². The highest BCUT2D eigenvalue weighted by molar-refractivity contribution is 6.05. The molecule has 0 N–H and O–H groups in total.